The van der Waals surface area contributed by atoms with E-state index in [-0.39, 0.29) is 22.7 Å². The van der Waals surface area contributed by atoms with E-state index in [0.29, 0.717) is 16.3 Å². The van der Waals surface area contributed by atoms with Crippen LogP contribution in [0.15, 0.2) is 58.4 Å². The van der Waals surface area contributed by atoms with Crippen molar-refractivity contribution < 1.29 is 23.1 Å². The number of alkyl halides is 3. The normalized spacial score (nSPS) is 11.3. The number of phenolic OH excluding ortho intramolecular Hbond substituents is 1. The summed E-state index contributed by atoms with van der Waals surface area (Å²) < 4.78 is 39.7. The number of rotatable bonds is 4. The van der Waals surface area contributed by atoms with Gasteiger partial charge < -0.3 is 5.11 Å². The Balaban J connectivity index is 2.00. The standard InChI is InChI=1S/C21H14F3N5O3/c1-12-17(10-25)20(32)29(15-4-2-3-14(9-15)21(22,23)24)28-18(12)19(31)27-26-11-13-5-7-16(30)8-6-13/h2-9,11,30H,1H3,(H,27,31)/b26-11+. The maximum absolute atomic E-state index is 13.0. The van der Waals surface area contributed by atoms with Crippen molar-refractivity contribution in [3.63, 3.8) is 0 Å². The zero-order valence-electron chi connectivity index (χ0n) is 16.4. The minimum absolute atomic E-state index is 0.0435. The van der Waals surface area contributed by atoms with Crippen molar-refractivity contribution in [2.24, 2.45) is 5.10 Å². The number of aromatic nitrogens is 2. The first-order valence-electron chi connectivity index (χ1n) is 8.96. The zero-order chi connectivity index (χ0) is 23.5. The average Bonchev–Trinajstić information content (AvgIpc) is 2.75. The van der Waals surface area contributed by atoms with E-state index >= 15 is 0 Å². The van der Waals surface area contributed by atoms with Gasteiger partial charge in [0.05, 0.1) is 17.5 Å². The van der Waals surface area contributed by atoms with E-state index in [4.69, 9.17) is 0 Å². The molecule has 0 bridgehead atoms. The first kappa shape index (κ1) is 22.2. The maximum Gasteiger partial charge on any atom is 0.416 e. The van der Waals surface area contributed by atoms with Gasteiger partial charge in [-0.3, -0.25) is 9.59 Å². The molecule has 1 heterocycles. The van der Waals surface area contributed by atoms with Gasteiger partial charge in [0.1, 0.15) is 17.4 Å². The van der Waals surface area contributed by atoms with Crippen molar-refractivity contribution in [1.82, 2.24) is 15.2 Å². The van der Waals surface area contributed by atoms with Gasteiger partial charge >= 0.3 is 6.18 Å². The summed E-state index contributed by atoms with van der Waals surface area (Å²) in [7, 11) is 0. The summed E-state index contributed by atoms with van der Waals surface area (Å²) in [4.78, 5) is 25.2. The van der Waals surface area contributed by atoms with E-state index in [2.05, 4.69) is 15.6 Å². The van der Waals surface area contributed by atoms with Gasteiger partial charge in [-0.2, -0.15) is 33.3 Å². The molecule has 0 spiro atoms. The monoisotopic (exact) mass is 441 g/mol. The van der Waals surface area contributed by atoms with Gasteiger partial charge in [-0.1, -0.05) is 6.07 Å². The molecule has 0 fully saturated rings. The van der Waals surface area contributed by atoms with E-state index in [1.165, 1.54) is 43.5 Å². The Morgan fingerprint density at radius 2 is 1.94 bits per heavy atom. The van der Waals surface area contributed by atoms with Crippen molar-refractivity contribution in [3.8, 4) is 17.5 Å². The molecule has 1 amide bonds. The molecule has 0 unspecified atom stereocenters. The predicted octanol–water partition coefficient (Wildman–Crippen LogP) is 2.90. The van der Waals surface area contributed by atoms with Gasteiger partial charge in [-0.05, 0) is 55.0 Å². The molecular formula is C21H14F3N5O3. The number of carbonyl (C=O) groups is 1. The Morgan fingerprint density at radius 1 is 1.25 bits per heavy atom. The van der Waals surface area contributed by atoms with Crippen LogP contribution < -0.4 is 11.0 Å². The number of hydrazone groups is 1. The predicted molar refractivity (Wildman–Crippen MR) is 107 cm³/mol. The van der Waals surface area contributed by atoms with Crippen LogP contribution in [0, 0.1) is 18.3 Å². The number of amides is 1. The topological polar surface area (TPSA) is 120 Å². The molecule has 0 aliphatic carbocycles. The maximum atomic E-state index is 13.0. The van der Waals surface area contributed by atoms with Crippen molar-refractivity contribution >= 4 is 12.1 Å². The lowest BCUT2D eigenvalue weighted by Gasteiger charge is -2.12. The van der Waals surface area contributed by atoms with Crippen LogP contribution >= 0.6 is 0 Å². The van der Waals surface area contributed by atoms with Crippen LogP contribution in [-0.4, -0.2) is 27.0 Å². The van der Waals surface area contributed by atoms with E-state index in [1.54, 1.807) is 6.07 Å². The number of nitrogens with zero attached hydrogens (tertiary/aromatic N) is 4. The van der Waals surface area contributed by atoms with Crippen molar-refractivity contribution in [2.45, 2.75) is 13.1 Å². The lowest BCUT2D eigenvalue weighted by Crippen LogP contribution is -2.31. The van der Waals surface area contributed by atoms with E-state index in [0.717, 1.165) is 12.1 Å². The SMILES string of the molecule is Cc1c(C(=O)N/N=C/c2ccc(O)cc2)nn(-c2cccc(C(F)(F)F)c2)c(=O)c1C#N. The van der Waals surface area contributed by atoms with E-state index in [1.807, 2.05) is 0 Å². The van der Waals surface area contributed by atoms with Gasteiger partial charge in [0.25, 0.3) is 11.5 Å². The first-order chi connectivity index (χ1) is 15.1. The summed E-state index contributed by atoms with van der Waals surface area (Å²) in [5, 5.41) is 26.2. The van der Waals surface area contributed by atoms with Crippen molar-refractivity contribution in [2.75, 3.05) is 0 Å². The average molecular weight is 441 g/mol. The molecule has 0 aliphatic heterocycles. The molecule has 2 N–H and O–H groups in total. The Morgan fingerprint density at radius 3 is 2.56 bits per heavy atom. The number of aromatic hydroxyl groups is 1. The van der Waals surface area contributed by atoms with Crippen LogP contribution in [0.2, 0.25) is 0 Å². The molecule has 0 saturated heterocycles. The number of phenols is 1. The van der Waals surface area contributed by atoms with Crippen LogP contribution in [-0.2, 0) is 6.18 Å². The van der Waals surface area contributed by atoms with Gasteiger partial charge in [0, 0.05) is 5.56 Å². The molecule has 2 aromatic carbocycles. The molecule has 0 radical (unpaired) electrons. The summed E-state index contributed by atoms with van der Waals surface area (Å²) in [6, 6.07) is 11.4. The largest absolute Gasteiger partial charge is 0.508 e. The Bertz CT molecular complexity index is 1310. The fourth-order valence-corrected chi connectivity index (χ4v) is 2.72. The number of nitrogens with one attached hydrogen (secondary N) is 1. The molecule has 0 saturated carbocycles. The molecule has 8 nitrogen and oxygen atoms in total. The molecule has 162 valence electrons. The van der Waals surface area contributed by atoms with Crippen LogP contribution in [0.3, 0.4) is 0 Å². The van der Waals surface area contributed by atoms with Crippen molar-refractivity contribution in [1.29, 1.82) is 5.26 Å². The molecule has 1 aromatic heterocycles. The quantitative estimate of drug-likeness (QED) is 0.477. The molecule has 0 atom stereocenters. The Hall–Kier alpha value is -4.46. The highest BCUT2D eigenvalue weighted by Gasteiger charge is 2.31. The van der Waals surface area contributed by atoms with Crippen LogP contribution in [0.4, 0.5) is 13.2 Å². The summed E-state index contributed by atoms with van der Waals surface area (Å²) in [6.45, 7) is 1.32. The number of hydrogen-bond acceptors (Lipinski definition) is 6. The molecule has 11 heteroatoms. The summed E-state index contributed by atoms with van der Waals surface area (Å²) in [6.07, 6.45) is -3.38. The number of benzene rings is 2. The minimum atomic E-state index is -4.66. The van der Waals surface area contributed by atoms with Crippen molar-refractivity contribution in [3.05, 3.63) is 86.8 Å². The molecule has 3 rings (SSSR count). The number of halogens is 3. The fourth-order valence-electron chi connectivity index (χ4n) is 2.72. The third-order valence-electron chi connectivity index (χ3n) is 4.35. The van der Waals surface area contributed by atoms with E-state index in [9.17, 15) is 33.1 Å². The van der Waals surface area contributed by atoms with Crippen LogP contribution in [0.1, 0.15) is 32.7 Å². The fraction of sp³-hybridized carbons (Fsp3) is 0.0952. The molecule has 3 aromatic rings. The Labute approximate surface area is 178 Å². The van der Waals surface area contributed by atoms with Gasteiger partial charge in [-0.15, -0.1) is 0 Å². The van der Waals surface area contributed by atoms with Gasteiger partial charge in [0.2, 0.25) is 0 Å². The highest BCUT2D eigenvalue weighted by molar-refractivity contribution is 5.94. The molecule has 0 aliphatic rings. The second kappa shape index (κ2) is 8.73. The smallest absolute Gasteiger partial charge is 0.416 e. The molecule has 32 heavy (non-hydrogen) atoms. The highest BCUT2D eigenvalue weighted by atomic mass is 19.4. The summed E-state index contributed by atoms with van der Waals surface area (Å²) in [5.74, 6) is -0.832. The van der Waals surface area contributed by atoms with Gasteiger partial charge in [-0.25, -0.2) is 5.43 Å². The Kier molecular flexibility index (Phi) is 6.06. The number of hydrogen-bond donors (Lipinski definition) is 2. The summed E-state index contributed by atoms with van der Waals surface area (Å²) >= 11 is 0. The van der Waals surface area contributed by atoms with E-state index < -0.39 is 28.8 Å². The van der Waals surface area contributed by atoms with Gasteiger partial charge in [0.15, 0.2) is 5.69 Å². The number of carbonyl (C=O) groups excluding carboxylic acids is 1. The van der Waals surface area contributed by atoms with Crippen LogP contribution in [0.5, 0.6) is 5.75 Å². The highest BCUT2D eigenvalue weighted by Crippen LogP contribution is 2.30. The second-order valence-corrected chi connectivity index (χ2v) is 6.52. The third-order valence-corrected chi connectivity index (χ3v) is 4.35. The molecular weight excluding hydrogens is 427 g/mol. The first-order valence-corrected chi connectivity index (χ1v) is 8.96. The lowest BCUT2D eigenvalue weighted by molar-refractivity contribution is -0.137. The lowest BCUT2D eigenvalue weighted by atomic mass is 10.1. The number of nitriles is 1. The second-order valence-electron chi connectivity index (χ2n) is 6.52. The van der Waals surface area contributed by atoms with Crippen LogP contribution in [0.25, 0.3) is 5.69 Å². The zero-order valence-corrected chi connectivity index (χ0v) is 16.4. The summed E-state index contributed by atoms with van der Waals surface area (Å²) in [5.41, 5.74) is -0.346. The third kappa shape index (κ3) is 4.65. The minimum Gasteiger partial charge on any atom is -0.508 e.